The van der Waals surface area contributed by atoms with Gasteiger partial charge in [0, 0.05) is 13.5 Å². The van der Waals surface area contributed by atoms with Crippen LogP contribution in [0.2, 0.25) is 0 Å². The number of aliphatic hydroxyl groups excluding tert-OH is 3. The van der Waals surface area contributed by atoms with E-state index in [0.717, 1.165) is 6.08 Å². The fourth-order valence-corrected chi connectivity index (χ4v) is 2.07. The standard InChI is InChI=1S/C13H21NO8/c1-3-21-5-8(17)11(18)12-10(14-6(2)15)7(16)4-9(22-12)13(19)20/h4,7-8,10-12,16-18H,3,5H2,1-2H3,(H,14,15)(H,19,20)/p-1/t7?,8-,10-,11-,12?/m1/s1. The summed E-state index contributed by atoms with van der Waals surface area (Å²) in [5.74, 6) is -2.88. The quantitative estimate of drug-likeness (QED) is 0.380. The van der Waals surface area contributed by atoms with Crippen molar-refractivity contribution < 1.29 is 39.5 Å². The van der Waals surface area contributed by atoms with Crippen molar-refractivity contribution in [1.29, 1.82) is 0 Å². The first-order chi connectivity index (χ1) is 10.3. The lowest BCUT2D eigenvalue weighted by Crippen LogP contribution is -2.60. The highest BCUT2D eigenvalue weighted by molar-refractivity contribution is 5.82. The molecule has 0 aromatic carbocycles. The van der Waals surface area contributed by atoms with Gasteiger partial charge < -0.3 is 40.0 Å². The molecule has 1 amide bonds. The van der Waals surface area contributed by atoms with Crippen LogP contribution in [-0.2, 0) is 19.1 Å². The van der Waals surface area contributed by atoms with E-state index in [2.05, 4.69) is 5.32 Å². The van der Waals surface area contributed by atoms with Crippen LogP contribution in [0.5, 0.6) is 0 Å². The van der Waals surface area contributed by atoms with Crippen molar-refractivity contribution in [3.8, 4) is 0 Å². The Morgan fingerprint density at radius 3 is 2.64 bits per heavy atom. The number of rotatable bonds is 7. The van der Waals surface area contributed by atoms with Crippen LogP contribution >= 0.6 is 0 Å². The first kappa shape index (κ1) is 18.4. The largest absolute Gasteiger partial charge is 0.542 e. The molecule has 2 unspecified atom stereocenters. The summed E-state index contributed by atoms with van der Waals surface area (Å²) in [5, 5.41) is 43.1. The summed E-state index contributed by atoms with van der Waals surface area (Å²) in [4.78, 5) is 22.1. The summed E-state index contributed by atoms with van der Waals surface area (Å²) in [6.45, 7) is 2.96. The number of carbonyl (C=O) groups excluding carboxylic acids is 2. The molecule has 0 aromatic rings. The molecule has 0 radical (unpaired) electrons. The Kier molecular flexibility index (Phi) is 6.75. The molecule has 5 atom stereocenters. The Balaban J connectivity index is 2.96. The van der Waals surface area contributed by atoms with E-state index in [1.165, 1.54) is 6.92 Å². The number of carboxylic acid groups (broad SMARTS) is 1. The lowest BCUT2D eigenvalue weighted by Gasteiger charge is -2.39. The molecule has 126 valence electrons. The zero-order valence-corrected chi connectivity index (χ0v) is 12.3. The van der Waals surface area contributed by atoms with E-state index in [-0.39, 0.29) is 6.61 Å². The topological polar surface area (TPSA) is 148 Å². The number of carboxylic acids is 1. The van der Waals surface area contributed by atoms with Gasteiger partial charge in [0.15, 0.2) is 6.10 Å². The molecule has 1 aliphatic heterocycles. The monoisotopic (exact) mass is 318 g/mol. The van der Waals surface area contributed by atoms with Crippen molar-refractivity contribution in [2.75, 3.05) is 13.2 Å². The van der Waals surface area contributed by atoms with Crippen molar-refractivity contribution >= 4 is 11.9 Å². The molecule has 0 spiro atoms. The molecule has 0 aromatic heterocycles. The van der Waals surface area contributed by atoms with Gasteiger partial charge in [-0.2, -0.15) is 0 Å². The van der Waals surface area contributed by atoms with Gasteiger partial charge in [0.2, 0.25) is 5.91 Å². The van der Waals surface area contributed by atoms with E-state index >= 15 is 0 Å². The van der Waals surface area contributed by atoms with Crippen LogP contribution in [0, 0.1) is 0 Å². The fraction of sp³-hybridized carbons (Fsp3) is 0.692. The first-order valence-corrected chi connectivity index (χ1v) is 6.76. The van der Waals surface area contributed by atoms with Crippen molar-refractivity contribution in [2.24, 2.45) is 0 Å². The predicted molar refractivity (Wildman–Crippen MR) is 70.1 cm³/mol. The van der Waals surface area contributed by atoms with Crippen LogP contribution in [-0.4, -0.2) is 70.9 Å². The molecule has 9 nitrogen and oxygen atoms in total. The van der Waals surface area contributed by atoms with Gasteiger partial charge in [-0.25, -0.2) is 0 Å². The number of hydrogen-bond acceptors (Lipinski definition) is 8. The minimum Gasteiger partial charge on any atom is -0.542 e. The number of nitrogens with one attached hydrogen (secondary N) is 1. The summed E-state index contributed by atoms with van der Waals surface area (Å²) in [7, 11) is 0. The maximum Gasteiger partial charge on any atom is 0.217 e. The van der Waals surface area contributed by atoms with Crippen LogP contribution in [0.3, 0.4) is 0 Å². The fourth-order valence-electron chi connectivity index (χ4n) is 2.07. The molecule has 0 saturated heterocycles. The number of carbonyl (C=O) groups is 2. The van der Waals surface area contributed by atoms with E-state index in [0.29, 0.717) is 6.61 Å². The summed E-state index contributed by atoms with van der Waals surface area (Å²) in [6, 6.07) is -1.13. The van der Waals surface area contributed by atoms with Gasteiger partial charge in [-0.1, -0.05) is 0 Å². The van der Waals surface area contributed by atoms with E-state index in [1.807, 2.05) is 0 Å². The summed E-state index contributed by atoms with van der Waals surface area (Å²) < 4.78 is 10.0. The number of amides is 1. The van der Waals surface area contributed by atoms with E-state index < -0.39 is 48.1 Å². The molecular weight excluding hydrogens is 298 g/mol. The first-order valence-electron chi connectivity index (χ1n) is 6.76. The van der Waals surface area contributed by atoms with Crippen LogP contribution in [0.25, 0.3) is 0 Å². The zero-order chi connectivity index (χ0) is 16.9. The second kappa shape index (κ2) is 8.08. The normalized spacial score (nSPS) is 27.3. The van der Waals surface area contributed by atoms with Crippen molar-refractivity contribution in [3.63, 3.8) is 0 Å². The van der Waals surface area contributed by atoms with Crippen LogP contribution < -0.4 is 10.4 Å². The van der Waals surface area contributed by atoms with Gasteiger partial charge in [0.05, 0.1) is 18.8 Å². The van der Waals surface area contributed by atoms with Gasteiger partial charge >= 0.3 is 0 Å². The predicted octanol–water partition coefficient (Wildman–Crippen LogP) is -3.36. The molecule has 1 aliphatic rings. The second-order valence-electron chi connectivity index (χ2n) is 4.84. The molecule has 0 saturated carbocycles. The number of aliphatic carboxylic acids is 1. The lowest BCUT2D eigenvalue weighted by atomic mass is 9.94. The minimum absolute atomic E-state index is 0.217. The Morgan fingerprint density at radius 2 is 2.14 bits per heavy atom. The SMILES string of the molecule is CCOC[C@@H](O)[C@@H](O)C1OC(C(=O)[O-])=CC(O)[C@H]1NC(C)=O. The van der Waals surface area contributed by atoms with Crippen molar-refractivity contribution in [3.05, 3.63) is 11.8 Å². The van der Waals surface area contributed by atoms with Gasteiger partial charge in [-0.15, -0.1) is 0 Å². The maximum atomic E-state index is 11.2. The van der Waals surface area contributed by atoms with Gasteiger partial charge in [-0.05, 0) is 13.0 Å². The van der Waals surface area contributed by atoms with Crippen LogP contribution in [0.15, 0.2) is 11.8 Å². The van der Waals surface area contributed by atoms with Crippen molar-refractivity contribution in [2.45, 2.75) is 44.3 Å². The molecular formula is C13H20NO8-. The third-order valence-corrected chi connectivity index (χ3v) is 3.10. The maximum absolute atomic E-state index is 11.2. The highest BCUT2D eigenvalue weighted by atomic mass is 16.5. The molecule has 4 N–H and O–H groups in total. The minimum atomic E-state index is -1.68. The molecule has 1 rings (SSSR count). The Morgan fingerprint density at radius 1 is 1.50 bits per heavy atom. The third-order valence-electron chi connectivity index (χ3n) is 3.10. The highest BCUT2D eigenvalue weighted by Crippen LogP contribution is 2.22. The Bertz CT molecular complexity index is 438. The molecule has 22 heavy (non-hydrogen) atoms. The van der Waals surface area contributed by atoms with E-state index in [4.69, 9.17) is 9.47 Å². The summed E-state index contributed by atoms with van der Waals surface area (Å²) >= 11 is 0. The van der Waals surface area contributed by atoms with Gasteiger partial charge in [0.25, 0.3) is 0 Å². The zero-order valence-electron chi connectivity index (χ0n) is 12.3. The molecule has 0 aliphatic carbocycles. The lowest BCUT2D eigenvalue weighted by molar-refractivity contribution is -0.305. The molecule has 0 bridgehead atoms. The molecule has 9 heteroatoms. The van der Waals surface area contributed by atoms with Gasteiger partial charge in [0.1, 0.15) is 23.9 Å². The molecule has 1 heterocycles. The average Bonchev–Trinajstić information content (AvgIpc) is 2.45. The van der Waals surface area contributed by atoms with Crippen LogP contribution in [0.4, 0.5) is 0 Å². The number of aliphatic hydroxyl groups is 3. The average molecular weight is 318 g/mol. The van der Waals surface area contributed by atoms with E-state index in [9.17, 15) is 30.0 Å². The highest BCUT2D eigenvalue weighted by Gasteiger charge is 2.42. The Hall–Kier alpha value is -1.68. The number of hydrogen-bond donors (Lipinski definition) is 4. The van der Waals surface area contributed by atoms with Crippen LogP contribution in [0.1, 0.15) is 13.8 Å². The van der Waals surface area contributed by atoms with Crippen molar-refractivity contribution in [1.82, 2.24) is 5.32 Å². The van der Waals surface area contributed by atoms with Gasteiger partial charge in [-0.3, -0.25) is 4.79 Å². The summed E-state index contributed by atoms with van der Waals surface area (Å²) in [6.07, 6.45) is -4.94. The smallest absolute Gasteiger partial charge is 0.217 e. The Labute approximate surface area is 127 Å². The third kappa shape index (κ3) is 4.67. The number of ether oxygens (including phenoxy) is 2. The second-order valence-corrected chi connectivity index (χ2v) is 4.84. The molecule has 0 fully saturated rings. The summed E-state index contributed by atoms with van der Waals surface area (Å²) in [5.41, 5.74) is 0. The van der Waals surface area contributed by atoms with E-state index in [1.54, 1.807) is 6.92 Å².